The highest BCUT2D eigenvalue weighted by molar-refractivity contribution is 5.14. The van der Waals surface area contributed by atoms with Gasteiger partial charge in [-0.2, -0.15) is 0 Å². The molecule has 3 nitrogen and oxygen atoms in total. The average Bonchev–Trinajstić information content (AvgIpc) is 2.37. The fourth-order valence-corrected chi connectivity index (χ4v) is 1.83. The Labute approximate surface area is 97.4 Å². The van der Waals surface area contributed by atoms with E-state index in [4.69, 9.17) is 4.74 Å². The number of benzene rings is 1. The van der Waals surface area contributed by atoms with Gasteiger partial charge in [0.1, 0.15) is 0 Å². The van der Waals surface area contributed by atoms with Gasteiger partial charge in [-0.25, -0.2) is 5.32 Å². The van der Waals surface area contributed by atoms with Crippen molar-refractivity contribution in [1.29, 1.82) is 0 Å². The number of morpholine rings is 1. The Morgan fingerprint density at radius 3 is 2.62 bits per heavy atom. The first-order chi connectivity index (χ1) is 7.95. The van der Waals surface area contributed by atoms with Gasteiger partial charge in [0.15, 0.2) is 0 Å². The topological polar surface area (TPSA) is 26.6 Å². The quantitative estimate of drug-likeness (QED) is 0.694. The van der Waals surface area contributed by atoms with E-state index in [1.54, 1.807) is 0 Å². The van der Waals surface area contributed by atoms with Crippen molar-refractivity contribution in [2.45, 2.75) is 6.54 Å². The van der Waals surface area contributed by atoms with Crippen LogP contribution in [0, 0.1) is 0 Å². The Bertz CT molecular complexity index is 283. The van der Waals surface area contributed by atoms with Crippen LogP contribution in [-0.2, 0) is 11.3 Å². The van der Waals surface area contributed by atoms with Gasteiger partial charge in [-0.3, -0.25) is 4.90 Å². The first-order valence-electron chi connectivity index (χ1n) is 5.92. The second-order valence-electron chi connectivity index (χ2n) is 4.04. The molecule has 1 aliphatic heterocycles. The molecule has 1 radical (unpaired) electrons. The first-order valence-corrected chi connectivity index (χ1v) is 5.92. The van der Waals surface area contributed by atoms with Crippen LogP contribution in [0.4, 0.5) is 0 Å². The molecule has 0 amide bonds. The van der Waals surface area contributed by atoms with Gasteiger partial charge < -0.3 is 4.74 Å². The van der Waals surface area contributed by atoms with Crippen LogP contribution >= 0.6 is 0 Å². The summed E-state index contributed by atoms with van der Waals surface area (Å²) >= 11 is 0. The van der Waals surface area contributed by atoms with E-state index >= 15 is 0 Å². The maximum absolute atomic E-state index is 5.30. The van der Waals surface area contributed by atoms with Gasteiger partial charge in [-0.15, -0.1) is 0 Å². The minimum Gasteiger partial charge on any atom is -0.379 e. The lowest BCUT2D eigenvalue weighted by atomic mass is 10.2. The Morgan fingerprint density at radius 1 is 1.12 bits per heavy atom. The highest BCUT2D eigenvalue weighted by Crippen LogP contribution is 1.99. The highest BCUT2D eigenvalue weighted by Gasteiger charge is 2.08. The minimum absolute atomic E-state index is 0.838. The minimum atomic E-state index is 0.838. The van der Waals surface area contributed by atoms with Crippen LogP contribution in [0.1, 0.15) is 5.56 Å². The van der Waals surface area contributed by atoms with Crippen molar-refractivity contribution < 1.29 is 4.74 Å². The number of hydrogen-bond acceptors (Lipinski definition) is 2. The maximum Gasteiger partial charge on any atom is 0.0594 e. The van der Waals surface area contributed by atoms with Crippen LogP contribution in [0.2, 0.25) is 0 Å². The molecule has 2 rings (SSSR count). The zero-order valence-corrected chi connectivity index (χ0v) is 9.64. The lowest BCUT2D eigenvalue weighted by Crippen LogP contribution is -2.39. The first kappa shape index (κ1) is 11.6. The molecular formula is C13H19N2O. The van der Waals surface area contributed by atoms with Crippen LogP contribution in [0.3, 0.4) is 0 Å². The fraction of sp³-hybridized carbons (Fsp3) is 0.538. The van der Waals surface area contributed by atoms with E-state index in [-0.39, 0.29) is 0 Å². The molecule has 0 saturated carbocycles. The number of hydrogen-bond donors (Lipinski definition) is 0. The average molecular weight is 219 g/mol. The summed E-state index contributed by atoms with van der Waals surface area (Å²) in [6, 6.07) is 10.4. The molecule has 0 atom stereocenters. The molecule has 16 heavy (non-hydrogen) atoms. The maximum atomic E-state index is 5.30. The molecule has 0 bridgehead atoms. The van der Waals surface area contributed by atoms with Gasteiger partial charge in [-0.1, -0.05) is 30.3 Å². The Balaban J connectivity index is 1.58. The third kappa shape index (κ3) is 3.93. The Hall–Kier alpha value is -0.900. The molecule has 1 saturated heterocycles. The fourth-order valence-electron chi connectivity index (χ4n) is 1.83. The normalized spacial score (nSPS) is 17.5. The second-order valence-corrected chi connectivity index (χ2v) is 4.04. The smallest absolute Gasteiger partial charge is 0.0594 e. The van der Waals surface area contributed by atoms with E-state index in [9.17, 15) is 0 Å². The van der Waals surface area contributed by atoms with Crippen molar-refractivity contribution in [3.05, 3.63) is 35.9 Å². The molecule has 0 aliphatic carbocycles. The third-order valence-corrected chi connectivity index (χ3v) is 2.82. The summed E-state index contributed by atoms with van der Waals surface area (Å²) in [7, 11) is 0. The molecule has 1 heterocycles. The molecular weight excluding hydrogens is 200 g/mol. The molecule has 1 aliphatic rings. The standard InChI is InChI=1S/C13H19N2O/c1-2-4-13(5-3-1)12-14-6-7-15-8-10-16-11-9-15/h1-5H,6-12H2. The van der Waals surface area contributed by atoms with Gasteiger partial charge in [0.05, 0.1) is 13.2 Å². The molecule has 0 aromatic heterocycles. The van der Waals surface area contributed by atoms with E-state index < -0.39 is 0 Å². The second kappa shape index (κ2) is 6.63. The lowest BCUT2D eigenvalue weighted by molar-refractivity contribution is 0.0383. The molecule has 0 N–H and O–H groups in total. The third-order valence-electron chi connectivity index (χ3n) is 2.82. The van der Waals surface area contributed by atoms with E-state index in [1.165, 1.54) is 5.56 Å². The van der Waals surface area contributed by atoms with Crippen molar-refractivity contribution in [2.24, 2.45) is 0 Å². The predicted octanol–water partition coefficient (Wildman–Crippen LogP) is 1.12. The van der Waals surface area contributed by atoms with Gasteiger partial charge in [0.2, 0.25) is 0 Å². The van der Waals surface area contributed by atoms with Crippen molar-refractivity contribution in [2.75, 3.05) is 39.4 Å². The van der Waals surface area contributed by atoms with Gasteiger partial charge in [0, 0.05) is 32.7 Å². The summed E-state index contributed by atoms with van der Waals surface area (Å²) in [6.45, 7) is 6.69. The van der Waals surface area contributed by atoms with E-state index in [2.05, 4.69) is 34.5 Å². The van der Waals surface area contributed by atoms with Gasteiger partial charge in [-0.05, 0) is 5.56 Å². The van der Waals surface area contributed by atoms with Crippen molar-refractivity contribution in [1.82, 2.24) is 10.2 Å². The van der Waals surface area contributed by atoms with Gasteiger partial charge >= 0.3 is 0 Å². The SMILES string of the molecule is c1ccc(C[N]CCN2CCOCC2)cc1. The number of nitrogens with zero attached hydrogens (tertiary/aromatic N) is 2. The summed E-state index contributed by atoms with van der Waals surface area (Å²) in [5, 5.41) is 4.55. The van der Waals surface area contributed by atoms with Crippen LogP contribution in [0.5, 0.6) is 0 Å². The van der Waals surface area contributed by atoms with Crippen molar-refractivity contribution in [3.63, 3.8) is 0 Å². The van der Waals surface area contributed by atoms with E-state index in [0.717, 1.165) is 45.9 Å². The van der Waals surface area contributed by atoms with Gasteiger partial charge in [0.25, 0.3) is 0 Å². The molecule has 3 heteroatoms. The van der Waals surface area contributed by atoms with Crippen molar-refractivity contribution in [3.8, 4) is 0 Å². The van der Waals surface area contributed by atoms with Crippen LogP contribution in [0.15, 0.2) is 30.3 Å². The summed E-state index contributed by atoms with van der Waals surface area (Å²) in [5.41, 5.74) is 1.30. The molecule has 1 aromatic rings. The molecule has 1 aromatic carbocycles. The van der Waals surface area contributed by atoms with Crippen LogP contribution in [-0.4, -0.2) is 44.3 Å². The number of rotatable bonds is 5. The molecule has 0 unspecified atom stereocenters. The zero-order chi connectivity index (χ0) is 11.1. The highest BCUT2D eigenvalue weighted by atomic mass is 16.5. The van der Waals surface area contributed by atoms with E-state index in [1.807, 2.05) is 6.07 Å². The number of ether oxygens (including phenoxy) is 1. The Morgan fingerprint density at radius 2 is 1.88 bits per heavy atom. The van der Waals surface area contributed by atoms with E-state index in [0.29, 0.717) is 0 Å². The Kier molecular flexibility index (Phi) is 4.80. The largest absolute Gasteiger partial charge is 0.379 e. The van der Waals surface area contributed by atoms with Crippen molar-refractivity contribution >= 4 is 0 Å². The summed E-state index contributed by atoms with van der Waals surface area (Å²) in [6.07, 6.45) is 0. The monoisotopic (exact) mass is 219 g/mol. The molecule has 1 fully saturated rings. The lowest BCUT2D eigenvalue weighted by Gasteiger charge is -2.26. The summed E-state index contributed by atoms with van der Waals surface area (Å²) in [4.78, 5) is 2.41. The molecule has 87 valence electrons. The van der Waals surface area contributed by atoms with Crippen LogP contribution in [0.25, 0.3) is 0 Å². The summed E-state index contributed by atoms with van der Waals surface area (Å²) < 4.78 is 5.30. The summed E-state index contributed by atoms with van der Waals surface area (Å²) in [5.74, 6) is 0. The van der Waals surface area contributed by atoms with Crippen LogP contribution < -0.4 is 5.32 Å². The molecule has 0 spiro atoms. The zero-order valence-electron chi connectivity index (χ0n) is 9.64. The predicted molar refractivity (Wildman–Crippen MR) is 64.4 cm³/mol.